The van der Waals surface area contributed by atoms with Crippen LogP contribution < -0.4 is 0 Å². The zero-order chi connectivity index (χ0) is 25.8. The van der Waals surface area contributed by atoms with Crippen LogP contribution in [0, 0.1) is 5.41 Å². The van der Waals surface area contributed by atoms with Gasteiger partial charge in [0, 0.05) is 22.0 Å². The summed E-state index contributed by atoms with van der Waals surface area (Å²) in [6, 6.07) is 15.9. The van der Waals surface area contributed by atoms with E-state index in [0.717, 1.165) is 30.4 Å². The molecule has 3 nitrogen and oxygen atoms in total. The molecule has 0 aromatic heterocycles. The zero-order valence-electron chi connectivity index (χ0n) is 21.4. The van der Waals surface area contributed by atoms with Crippen molar-refractivity contribution in [2.45, 2.75) is 89.8 Å². The molecular formula is C30H39Cl2NO2. The smallest absolute Gasteiger partial charge is 0.229 e. The third-order valence-corrected chi connectivity index (χ3v) is 7.86. The molecule has 0 spiro atoms. The number of amides is 1. The quantitative estimate of drug-likeness (QED) is 0.322. The van der Waals surface area contributed by atoms with E-state index < -0.39 is 11.0 Å². The predicted molar refractivity (Wildman–Crippen MR) is 147 cm³/mol. The monoisotopic (exact) mass is 515 g/mol. The number of hydrogen-bond donors (Lipinski definition) is 1. The Morgan fingerprint density at radius 2 is 1.86 bits per heavy atom. The van der Waals surface area contributed by atoms with Crippen LogP contribution in [0.2, 0.25) is 10.0 Å². The van der Waals surface area contributed by atoms with Gasteiger partial charge in [0.25, 0.3) is 0 Å². The largest absolute Gasteiger partial charge is 0.390 e. The van der Waals surface area contributed by atoms with Crippen LogP contribution in [0.25, 0.3) is 0 Å². The minimum Gasteiger partial charge on any atom is -0.390 e. The molecule has 2 aromatic rings. The highest BCUT2D eigenvalue weighted by Gasteiger charge is 2.50. The minimum absolute atomic E-state index is 0.0525. The summed E-state index contributed by atoms with van der Waals surface area (Å²) in [7, 11) is 0. The van der Waals surface area contributed by atoms with Crippen LogP contribution in [0.5, 0.6) is 0 Å². The van der Waals surface area contributed by atoms with Gasteiger partial charge in [-0.05, 0) is 87.8 Å². The number of nitrogens with zero attached hydrogens (tertiary/aromatic N) is 1. The van der Waals surface area contributed by atoms with Gasteiger partial charge in [0.1, 0.15) is 0 Å². The van der Waals surface area contributed by atoms with Crippen molar-refractivity contribution in [3.05, 3.63) is 82.4 Å². The Morgan fingerprint density at radius 3 is 2.43 bits per heavy atom. The SMILES string of the molecule is C=CC[C@@]1(C)CC(c2cccc(Cl)c2)C(c2ccc(Cl)cc2)N(C(CC)CCCC(C)(C)O)C1=O. The molecule has 0 aliphatic carbocycles. The maximum absolute atomic E-state index is 14.3. The molecular weight excluding hydrogens is 477 g/mol. The second kappa shape index (κ2) is 11.5. The minimum atomic E-state index is -0.722. The third kappa shape index (κ3) is 6.70. The number of rotatable bonds is 10. The lowest BCUT2D eigenvalue weighted by Gasteiger charge is -2.52. The molecule has 5 heteroatoms. The lowest BCUT2D eigenvalue weighted by molar-refractivity contribution is -0.155. The first-order chi connectivity index (χ1) is 16.5. The molecule has 190 valence electrons. The van der Waals surface area contributed by atoms with Crippen LogP contribution in [0.15, 0.2) is 61.2 Å². The van der Waals surface area contributed by atoms with Crippen molar-refractivity contribution in [1.29, 1.82) is 0 Å². The molecule has 0 bridgehead atoms. The van der Waals surface area contributed by atoms with Crippen LogP contribution >= 0.6 is 23.2 Å². The van der Waals surface area contributed by atoms with E-state index in [2.05, 4.69) is 31.4 Å². The van der Waals surface area contributed by atoms with E-state index in [0.29, 0.717) is 29.3 Å². The Balaban J connectivity index is 2.13. The fraction of sp³-hybridized carbons (Fsp3) is 0.500. The molecule has 2 aromatic carbocycles. The summed E-state index contributed by atoms with van der Waals surface area (Å²) < 4.78 is 0. The first-order valence-electron chi connectivity index (χ1n) is 12.7. The molecule has 1 fully saturated rings. The number of hydrogen-bond acceptors (Lipinski definition) is 2. The number of carbonyl (C=O) groups is 1. The molecule has 3 unspecified atom stereocenters. The lowest BCUT2D eigenvalue weighted by atomic mass is 9.67. The molecule has 3 rings (SSSR count). The van der Waals surface area contributed by atoms with E-state index in [1.54, 1.807) is 0 Å². The Labute approximate surface area is 221 Å². The number of aliphatic hydroxyl groups is 1. The third-order valence-electron chi connectivity index (χ3n) is 7.38. The summed E-state index contributed by atoms with van der Waals surface area (Å²) in [6.45, 7) is 11.9. The van der Waals surface area contributed by atoms with Gasteiger partial charge >= 0.3 is 0 Å². The van der Waals surface area contributed by atoms with Crippen molar-refractivity contribution in [2.75, 3.05) is 0 Å². The van der Waals surface area contributed by atoms with Crippen LogP contribution in [-0.4, -0.2) is 27.6 Å². The van der Waals surface area contributed by atoms with Crippen molar-refractivity contribution >= 4 is 29.1 Å². The summed E-state index contributed by atoms with van der Waals surface area (Å²) in [6.07, 6.45) is 6.41. The highest BCUT2D eigenvalue weighted by Crippen LogP contribution is 2.52. The zero-order valence-corrected chi connectivity index (χ0v) is 22.9. The molecule has 1 aliphatic heterocycles. The first kappa shape index (κ1) is 27.8. The normalized spacial score (nSPS) is 23.9. The lowest BCUT2D eigenvalue weighted by Crippen LogP contribution is -2.55. The maximum Gasteiger partial charge on any atom is 0.229 e. The number of piperidine rings is 1. The molecule has 0 saturated carbocycles. The second-order valence-electron chi connectivity index (χ2n) is 10.9. The molecule has 1 saturated heterocycles. The Bertz CT molecular complexity index is 1010. The molecule has 1 aliphatic rings. The fourth-order valence-corrected chi connectivity index (χ4v) is 5.92. The van der Waals surface area contributed by atoms with E-state index in [4.69, 9.17) is 23.2 Å². The van der Waals surface area contributed by atoms with Crippen molar-refractivity contribution in [1.82, 2.24) is 4.90 Å². The molecule has 1 amide bonds. The molecule has 4 atom stereocenters. The first-order valence-corrected chi connectivity index (χ1v) is 13.4. The summed E-state index contributed by atoms with van der Waals surface area (Å²) in [5, 5.41) is 11.6. The van der Waals surface area contributed by atoms with E-state index in [1.165, 1.54) is 0 Å². The van der Waals surface area contributed by atoms with Gasteiger partial charge in [-0.2, -0.15) is 0 Å². The van der Waals surface area contributed by atoms with Gasteiger partial charge in [0.2, 0.25) is 5.91 Å². The summed E-state index contributed by atoms with van der Waals surface area (Å²) >= 11 is 12.7. The summed E-state index contributed by atoms with van der Waals surface area (Å²) in [5.74, 6) is 0.242. The van der Waals surface area contributed by atoms with Gasteiger partial charge in [-0.1, -0.05) is 67.4 Å². The highest BCUT2D eigenvalue weighted by atomic mass is 35.5. The molecule has 35 heavy (non-hydrogen) atoms. The fourth-order valence-electron chi connectivity index (χ4n) is 5.60. The Kier molecular flexibility index (Phi) is 9.12. The van der Waals surface area contributed by atoms with Gasteiger partial charge in [-0.25, -0.2) is 0 Å². The van der Waals surface area contributed by atoms with Gasteiger partial charge in [-0.15, -0.1) is 6.58 Å². The molecule has 1 N–H and O–H groups in total. The summed E-state index contributed by atoms with van der Waals surface area (Å²) in [4.78, 5) is 16.4. The summed E-state index contributed by atoms with van der Waals surface area (Å²) in [5.41, 5.74) is 0.938. The predicted octanol–water partition coefficient (Wildman–Crippen LogP) is 8.35. The second-order valence-corrected chi connectivity index (χ2v) is 11.8. The van der Waals surface area contributed by atoms with Crippen LogP contribution in [0.3, 0.4) is 0 Å². The van der Waals surface area contributed by atoms with Crippen LogP contribution in [0.4, 0.5) is 0 Å². The number of allylic oxidation sites excluding steroid dienone is 1. The van der Waals surface area contributed by atoms with Crippen molar-refractivity contribution in [2.24, 2.45) is 5.41 Å². The van der Waals surface area contributed by atoms with E-state index >= 15 is 0 Å². The Morgan fingerprint density at radius 1 is 1.17 bits per heavy atom. The van der Waals surface area contributed by atoms with E-state index in [1.807, 2.05) is 62.4 Å². The Hall–Kier alpha value is -1.81. The number of benzene rings is 2. The topological polar surface area (TPSA) is 40.5 Å². The van der Waals surface area contributed by atoms with Gasteiger partial charge in [0.05, 0.1) is 17.1 Å². The maximum atomic E-state index is 14.3. The average Bonchev–Trinajstić information content (AvgIpc) is 2.79. The number of likely N-dealkylation sites (tertiary alicyclic amines) is 1. The molecule has 1 heterocycles. The highest BCUT2D eigenvalue weighted by molar-refractivity contribution is 6.30. The van der Waals surface area contributed by atoms with Crippen molar-refractivity contribution in [3.8, 4) is 0 Å². The van der Waals surface area contributed by atoms with Gasteiger partial charge in [-0.3, -0.25) is 4.79 Å². The van der Waals surface area contributed by atoms with Crippen LogP contribution in [-0.2, 0) is 4.79 Å². The van der Waals surface area contributed by atoms with E-state index in [9.17, 15) is 9.90 Å². The van der Waals surface area contributed by atoms with Crippen molar-refractivity contribution < 1.29 is 9.90 Å². The van der Waals surface area contributed by atoms with E-state index in [-0.39, 0.29) is 23.9 Å². The number of halogens is 2. The number of carbonyl (C=O) groups excluding carboxylic acids is 1. The van der Waals surface area contributed by atoms with Gasteiger partial charge < -0.3 is 10.0 Å². The standard InChI is InChI=1S/C30H39Cl2NO2/c1-6-17-30(5)20-26(22-10-8-11-24(32)19-22)27(21-13-15-23(31)16-14-21)33(28(30)34)25(7-2)12-9-18-29(3,4)35/h6,8,10-11,13-16,19,25-27,35H,1,7,9,12,17-18,20H2,2-5H3/t25?,26?,27?,30-/m0/s1. The average molecular weight is 517 g/mol. The van der Waals surface area contributed by atoms with Crippen molar-refractivity contribution in [3.63, 3.8) is 0 Å². The van der Waals surface area contributed by atoms with Crippen LogP contribution in [0.1, 0.15) is 89.3 Å². The van der Waals surface area contributed by atoms with Gasteiger partial charge in [0.15, 0.2) is 0 Å². The molecule has 0 radical (unpaired) electrons.